The van der Waals surface area contributed by atoms with Crippen LogP contribution >= 0.6 is 11.6 Å². The Morgan fingerprint density at radius 1 is 1.30 bits per heavy atom. The summed E-state index contributed by atoms with van der Waals surface area (Å²) in [6, 6.07) is 5.31. The number of rotatable bonds is 5. The molecule has 5 nitrogen and oxygen atoms in total. The number of hydrogen-bond acceptors (Lipinski definition) is 4. The van der Waals surface area contributed by atoms with Crippen LogP contribution in [0.3, 0.4) is 0 Å². The van der Waals surface area contributed by atoms with Crippen LogP contribution in [0.25, 0.3) is 0 Å². The van der Waals surface area contributed by atoms with Crippen LogP contribution < -0.4 is 4.74 Å². The van der Waals surface area contributed by atoms with E-state index in [0.29, 0.717) is 43.3 Å². The molecule has 1 saturated heterocycles. The van der Waals surface area contributed by atoms with Gasteiger partial charge >= 0.3 is 5.97 Å². The van der Waals surface area contributed by atoms with E-state index >= 15 is 0 Å². The predicted molar refractivity (Wildman–Crippen MR) is 87.6 cm³/mol. The van der Waals surface area contributed by atoms with Crippen LogP contribution in [0.2, 0.25) is 5.02 Å². The van der Waals surface area contributed by atoms with E-state index < -0.39 is 0 Å². The third-order valence-corrected chi connectivity index (χ3v) is 4.38. The van der Waals surface area contributed by atoms with Crippen molar-refractivity contribution >= 4 is 23.5 Å². The van der Waals surface area contributed by atoms with Gasteiger partial charge in [-0.3, -0.25) is 9.59 Å². The number of carbonyl (C=O) groups excluding carboxylic acids is 2. The minimum absolute atomic E-state index is 0.00878. The molecule has 0 radical (unpaired) electrons. The van der Waals surface area contributed by atoms with Gasteiger partial charge in [-0.1, -0.05) is 11.6 Å². The number of carbonyl (C=O) groups is 2. The molecule has 0 aliphatic carbocycles. The topological polar surface area (TPSA) is 55.8 Å². The molecule has 0 atom stereocenters. The smallest absolute Gasteiger partial charge is 0.309 e. The quantitative estimate of drug-likeness (QED) is 0.774. The van der Waals surface area contributed by atoms with Crippen molar-refractivity contribution in [2.45, 2.75) is 26.7 Å². The molecule has 1 aromatic carbocycles. The van der Waals surface area contributed by atoms with Crippen molar-refractivity contribution in [1.82, 2.24) is 4.90 Å². The fraction of sp³-hybridized carbons (Fsp3) is 0.529. The lowest BCUT2D eigenvalue weighted by Gasteiger charge is -2.30. The van der Waals surface area contributed by atoms with Crippen molar-refractivity contribution in [3.63, 3.8) is 0 Å². The summed E-state index contributed by atoms with van der Waals surface area (Å²) in [5, 5.41) is 0.671. The lowest BCUT2D eigenvalue weighted by Crippen LogP contribution is -2.42. The molecule has 23 heavy (non-hydrogen) atoms. The van der Waals surface area contributed by atoms with Crippen molar-refractivity contribution in [3.8, 4) is 5.75 Å². The van der Waals surface area contributed by atoms with Crippen molar-refractivity contribution in [1.29, 1.82) is 0 Å². The minimum atomic E-state index is -0.160. The second kappa shape index (κ2) is 8.20. The summed E-state index contributed by atoms with van der Waals surface area (Å²) in [5.41, 5.74) is 0.909. The van der Waals surface area contributed by atoms with Crippen LogP contribution in [0.5, 0.6) is 5.75 Å². The fourth-order valence-electron chi connectivity index (χ4n) is 2.57. The van der Waals surface area contributed by atoms with Crippen molar-refractivity contribution in [2.24, 2.45) is 5.92 Å². The first-order valence-corrected chi connectivity index (χ1v) is 8.22. The maximum absolute atomic E-state index is 12.2. The molecular formula is C17H22ClNO4. The first kappa shape index (κ1) is 17.6. The van der Waals surface area contributed by atoms with Gasteiger partial charge in [0.15, 0.2) is 6.61 Å². The second-order valence-corrected chi connectivity index (χ2v) is 6.01. The number of ether oxygens (including phenoxy) is 2. The van der Waals surface area contributed by atoms with E-state index in [4.69, 9.17) is 21.1 Å². The zero-order valence-electron chi connectivity index (χ0n) is 13.5. The van der Waals surface area contributed by atoms with Gasteiger partial charge in [-0.2, -0.15) is 0 Å². The molecule has 0 aromatic heterocycles. The van der Waals surface area contributed by atoms with Crippen LogP contribution in [0.4, 0.5) is 0 Å². The van der Waals surface area contributed by atoms with Crippen molar-refractivity contribution in [2.75, 3.05) is 26.3 Å². The molecule has 1 aromatic rings. The number of piperidine rings is 1. The standard InChI is InChI=1S/C17H22ClNO4/c1-3-22-17(21)13-6-8-19(9-7-13)16(20)11-23-14-4-5-15(18)12(2)10-14/h4-5,10,13H,3,6-9,11H2,1-2H3. The van der Waals surface area contributed by atoms with Crippen LogP contribution in [0.15, 0.2) is 18.2 Å². The summed E-state index contributed by atoms with van der Waals surface area (Å²) in [6.07, 6.45) is 1.29. The molecule has 1 fully saturated rings. The third kappa shape index (κ3) is 4.86. The molecule has 1 amide bonds. The molecule has 1 heterocycles. The summed E-state index contributed by atoms with van der Waals surface area (Å²) in [6.45, 7) is 5.19. The first-order valence-electron chi connectivity index (χ1n) is 7.84. The van der Waals surface area contributed by atoms with Gasteiger partial charge in [0.25, 0.3) is 5.91 Å². The number of benzene rings is 1. The zero-order chi connectivity index (χ0) is 16.8. The molecule has 0 bridgehead atoms. The number of likely N-dealkylation sites (tertiary alicyclic amines) is 1. The van der Waals surface area contributed by atoms with E-state index in [0.717, 1.165) is 5.56 Å². The largest absolute Gasteiger partial charge is 0.484 e. The number of hydrogen-bond donors (Lipinski definition) is 0. The highest BCUT2D eigenvalue weighted by molar-refractivity contribution is 6.31. The summed E-state index contributed by atoms with van der Waals surface area (Å²) in [4.78, 5) is 25.6. The predicted octanol–water partition coefficient (Wildman–Crippen LogP) is 2.83. The summed E-state index contributed by atoms with van der Waals surface area (Å²) >= 11 is 5.96. The van der Waals surface area contributed by atoms with E-state index in [9.17, 15) is 9.59 Å². The van der Waals surface area contributed by atoms with Gasteiger partial charge in [0, 0.05) is 18.1 Å². The Hall–Kier alpha value is -1.75. The van der Waals surface area contributed by atoms with Gasteiger partial charge in [-0.15, -0.1) is 0 Å². The van der Waals surface area contributed by atoms with E-state index in [1.807, 2.05) is 13.0 Å². The van der Waals surface area contributed by atoms with E-state index in [-0.39, 0.29) is 24.4 Å². The van der Waals surface area contributed by atoms with Crippen LogP contribution in [0, 0.1) is 12.8 Å². The van der Waals surface area contributed by atoms with Crippen molar-refractivity contribution in [3.05, 3.63) is 28.8 Å². The Morgan fingerprint density at radius 3 is 2.61 bits per heavy atom. The van der Waals surface area contributed by atoms with Gasteiger partial charge in [-0.25, -0.2) is 0 Å². The summed E-state index contributed by atoms with van der Waals surface area (Å²) in [7, 11) is 0. The molecule has 126 valence electrons. The fourth-order valence-corrected chi connectivity index (χ4v) is 2.69. The number of nitrogens with zero attached hydrogens (tertiary/aromatic N) is 1. The van der Waals surface area contributed by atoms with E-state index in [2.05, 4.69) is 0 Å². The Labute approximate surface area is 141 Å². The molecule has 0 unspecified atom stereocenters. The molecular weight excluding hydrogens is 318 g/mol. The van der Waals surface area contributed by atoms with E-state index in [1.165, 1.54) is 0 Å². The van der Waals surface area contributed by atoms with Crippen molar-refractivity contribution < 1.29 is 19.1 Å². The number of amides is 1. The SMILES string of the molecule is CCOC(=O)C1CCN(C(=O)COc2ccc(Cl)c(C)c2)CC1. The first-order chi connectivity index (χ1) is 11.0. The normalized spacial score (nSPS) is 15.3. The van der Waals surface area contributed by atoms with Crippen LogP contribution in [0.1, 0.15) is 25.3 Å². The zero-order valence-corrected chi connectivity index (χ0v) is 14.3. The van der Waals surface area contributed by atoms with Gasteiger partial charge in [0.2, 0.25) is 0 Å². The molecule has 0 spiro atoms. The Kier molecular flexibility index (Phi) is 6.28. The monoisotopic (exact) mass is 339 g/mol. The maximum atomic E-state index is 12.2. The highest BCUT2D eigenvalue weighted by Crippen LogP contribution is 2.22. The van der Waals surface area contributed by atoms with Crippen LogP contribution in [-0.2, 0) is 14.3 Å². The summed E-state index contributed by atoms with van der Waals surface area (Å²) in [5.74, 6) is 0.299. The highest BCUT2D eigenvalue weighted by Gasteiger charge is 2.28. The lowest BCUT2D eigenvalue weighted by molar-refractivity contribution is -0.151. The second-order valence-electron chi connectivity index (χ2n) is 5.61. The Morgan fingerprint density at radius 2 is 2.00 bits per heavy atom. The van der Waals surface area contributed by atoms with Crippen LogP contribution in [-0.4, -0.2) is 43.1 Å². The Bertz CT molecular complexity index is 568. The van der Waals surface area contributed by atoms with Gasteiger partial charge in [0.1, 0.15) is 5.75 Å². The maximum Gasteiger partial charge on any atom is 0.309 e. The molecule has 0 saturated carbocycles. The number of aryl methyl sites for hydroxylation is 1. The Balaban J connectivity index is 1.79. The third-order valence-electron chi connectivity index (χ3n) is 3.96. The molecule has 1 aliphatic rings. The summed E-state index contributed by atoms with van der Waals surface area (Å²) < 4.78 is 10.6. The highest BCUT2D eigenvalue weighted by atomic mass is 35.5. The molecule has 0 N–H and O–H groups in total. The average molecular weight is 340 g/mol. The molecule has 2 rings (SSSR count). The minimum Gasteiger partial charge on any atom is -0.484 e. The van der Waals surface area contributed by atoms with Gasteiger partial charge < -0.3 is 14.4 Å². The molecule has 6 heteroatoms. The number of halogens is 1. The van der Waals surface area contributed by atoms with E-state index in [1.54, 1.807) is 24.0 Å². The molecule has 1 aliphatic heterocycles. The van der Waals surface area contributed by atoms with Gasteiger partial charge in [0.05, 0.1) is 12.5 Å². The number of esters is 1. The average Bonchev–Trinajstić information content (AvgIpc) is 2.56. The lowest BCUT2D eigenvalue weighted by atomic mass is 9.97. The van der Waals surface area contributed by atoms with Gasteiger partial charge in [-0.05, 0) is 50.5 Å².